The van der Waals surface area contributed by atoms with E-state index < -0.39 is 38.5 Å². The molecule has 0 aliphatic rings. The number of benzene rings is 1. The van der Waals surface area contributed by atoms with Crippen LogP contribution in [0, 0.1) is 11.6 Å². The lowest BCUT2D eigenvalue weighted by atomic mass is 10.3. The van der Waals surface area contributed by atoms with Gasteiger partial charge in [0, 0.05) is 0 Å². The number of hydrogen-bond acceptors (Lipinski definition) is 3. The molecular weight excluding hydrogens is 254 g/mol. The van der Waals surface area contributed by atoms with Crippen LogP contribution in [-0.4, -0.2) is 20.4 Å². The van der Waals surface area contributed by atoms with Crippen molar-refractivity contribution in [1.29, 1.82) is 0 Å². The second-order valence-electron chi connectivity index (χ2n) is 3.30. The SMILES string of the molecule is CC(NS(=O)(=O)c1cccc(F)c1F)C(N)=O. The van der Waals surface area contributed by atoms with Crippen LogP contribution in [-0.2, 0) is 14.8 Å². The zero-order valence-corrected chi connectivity index (χ0v) is 9.59. The van der Waals surface area contributed by atoms with E-state index in [-0.39, 0.29) is 0 Å². The lowest BCUT2D eigenvalue weighted by Gasteiger charge is -2.11. The number of hydrogen-bond donors (Lipinski definition) is 2. The van der Waals surface area contributed by atoms with Crippen molar-refractivity contribution in [3.8, 4) is 0 Å². The molecule has 1 aromatic carbocycles. The molecule has 0 aliphatic heterocycles. The van der Waals surface area contributed by atoms with Gasteiger partial charge in [0.25, 0.3) is 0 Å². The summed E-state index contributed by atoms with van der Waals surface area (Å²) in [6.07, 6.45) is 0. The summed E-state index contributed by atoms with van der Waals surface area (Å²) in [4.78, 5) is 9.82. The molecule has 1 rings (SSSR count). The van der Waals surface area contributed by atoms with Gasteiger partial charge in [-0.1, -0.05) is 6.07 Å². The highest BCUT2D eigenvalue weighted by Crippen LogP contribution is 2.16. The summed E-state index contributed by atoms with van der Waals surface area (Å²) in [5.41, 5.74) is 4.86. The third kappa shape index (κ3) is 2.98. The summed E-state index contributed by atoms with van der Waals surface area (Å²) >= 11 is 0. The van der Waals surface area contributed by atoms with Gasteiger partial charge in [0.05, 0.1) is 6.04 Å². The minimum atomic E-state index is -4.32. The smallest absolute Gasteiger partial charge is 0.244 e. The van der Waals surface area contributed by atoms with Crippen LogP contribution in [0.25, 0.3) is 0 Å². The summed E-state index contributed by atoms with van der Waals surface area (Å²) in [5, 5.41) is 0. The van der Waals surface area contributed by atoms with E-state index in [4.69, 9.17) is 5.73 Å². The maximum atomic E-state index is 13.2. The molecule has 0 aliphatic carbocycles. The molecule has 0 saturated carbocycles. The van der Waals surface area contributed by atoms with Crippen molar-refractivity contribution in [3.63, 3.8) is 0 Å². The number of nitrogens with one attached hydrogen (secondary N) is 1. The predicted octanol–water partition coefficient (Wildman–Crippen LogP) is 0.117. The summed E-state index contributed by atoms with van der Waals surface area (Å²) in [6.45, 7) is 1.19. The number of amides is 1. The van der Waals surface area contributed by atoms with Crippen molar-refractivity contribution < 1.29 is 22.0 Å². The van der Waals surface area contributed by atoms with E-state index >= 15 is 0 Å². The summed E-state index contributed by atoms with van der Waals surface area (Å²) in [6, 6.07) is 1.49. The molecule has 5 nitrogen and oxygen atoms in total. The molecule has 0 spiro atoms. The van der Waals surface area contributed by atoms with E-state index in [0.717, 1.165) is 18.2 Å². The standard InChI is InChI=1S/C9H10F2N2O3S/c1-5(9(12)14)13-17(15,16)7-4-2-3-6(10)8(7)11/h2-5,13H,1H3,(H2,12,14). The highest BCUT2D eigenvalue weighted by Gasteiger charge is 2.24. The first-order valence-corrected chi connectivity index (χ1v) is 5.99. The van der Waals surface area contributed by atoms with Gasteiger partial charge in [-0.2, -0.15) is 4.72 Å². The molecule has 17 heavy (non-hydrogen) atoms. The Hall–Kier alpha value is -1.54. The zero-order chi connectivity index (χ0) is 13.2. The summed E-state index contributed by atoms with van der Waals surface area (Å²) < 4.78 is 51.1. The van der Waals surface area contributed by atoms with Crippen LogP contribution in [0.4, 0.5) is 8.78 Å². The van der Waals surface area contributed by atoms with Crippen molar-refractivity contribution in [2.24, 2.45) is 5.73 Å². The molecule has 1 atom stereocenters. The van der Waals surface area contributed by atoms with E-state index in [1.165, 1.54) is 6.92 Å². The number of carbonyl (C=O) groups excluding carboxylic acids is 1. The minimum absolute atomic E-state index is 0.784. The quantitative estimate of drug-likeness (QED) is 0.809. The maximum Gasteiger partial charge on any atom is 0.244 e. The third-order valence-corrected chi connectivity index (χ3v) is 3.52. The Kier molecular flexibility index (Phi) is 3.79. The van der Waals surface area contributed by atoms with Crippen molar-refractivity contribution in [2.45, 2.75) is 17.9 Å². The monoisotopic (exact) mass is 264 g/mol. The van der Waals surface area contributed by atoms with E-state index in [9.17, 15) is 22.0 Å². The van der Waals surface area contributed by atoms with Gasteiger partial charge in [-0.05, 0) is 19.1 Å². The normalized spacial score (nSPS) is 13.4. The summed E-state index contributed by atoms with van der Waals surface area (Å²) in [5.74, 6) is -3.72. The fourth-order valence-corrected chi connectivity index (χ4v) is 2.35. The van der Waals surface area contributed by atoms with Crippen molar-refractivity contribution in [3.05, 3.63) is 29.8 Å². The second kappa shape index (κ2) is 4.76. The average molecular weight is 264 g/mol. The van der Waals surface area contributed by atoms with Crippen molar-refractivity contribution >= 4 is 15.9 Å². The molecule has 3 N–H and O–H groups in total. The lowest BCUT2D eigenvalue weighted by molar-refractivity contribution is -0.119. The lowest BCUT2D eigenvalue weighted by Crippen LogP contribution is -2.42. The van der Waals surface area contributed by atoms with Gasteiger partial charge in [-0.3, -0.25) is 4.79 Å². The third-order valence-electron chi connectivity index (χ3n) is 1.96. The number of primary amides is 1. The Morgan fingerprint density at radius 1 is 1.41 bits per heavy atom. The van der Waals surface area contributed by atoms with E-state index in [1.807, 2.05) is 4.72 Å². The Balaban J connectivity index is 3.14. The molecule has 0 fully saturated rings. The first kappa shape index (κ1) is 13.5. The molecule has 0 aromatic heterocycles. The average Bonchev–Trinajstić information content (AvgIpc) is 2.21. The van der Waals surface area contributed by atoms with Gasteiger partial charge in [-0.25, -0.2) is 17.2 Å². The van der Waals surface area contributed by atoms with Crippen molar-refractivity contribution in [2.75, 3.05) is 0 Å². The van der Waals surface area contributed by atoms with Gasteiger partial charge in [0.2, 0.25) is 15.9 Å². The molecule has 1 unspecified atom stereocenters. The highest BCUT2D eigenvalue weighted by atomic mass is 32.2. The molecule has 1 aromatic rings. The van der Waals surface area contributed by atoms with E-state index in [2.05, 4.69) is 0 Å². The van der Waals surface area contributed by atoms with Crippen LogP contribution in [0.3, 0.4) is 0 Å². The van der Waals surface area contributed by atoms with Crippen LogP contribution < -0.4 is 10.5 Å². The van der Waals surface area contributed by atoms with Crippen LogP contribution in [0.2, 0.25) is 0 Å². The van der Waals surface area contributed by atoms with Crippen LogP contribution >= 0.6 is 0 Å². The van der Waals surface area contributed by atoms with Crippen LogP contribution in [0.15, 0.2) is 23.1 Å². The summed E-state index contributed by atoms with van der Waals surface area (Å²) in [7, 11) is -4.32. The Labute approximate surface area is 96.7 Å². The predicted molar refractivity (Wildman–Crippen MR) is 55.3 cm³/mol. The number of halogens is 2. The second-order valence-corrected chi connectivity index (χ2v) is 4.98. The van der Waals surface area contributed by atoms with Crippen molar-refractivity contribution in [1.82, 2.24) is 4.72 Å². The Morgan fingerprint density at radius 3 is 2.53 bits per heavy atom. The first-order valence-electron chi connectivity index (χ1n) is 4.51. The molecule has 94 valence electrons. The van der Waals surface area contributed by atoms with Gasteiger partial charge in [0.1, 0.15) is 4.90 Å². The highest BCUT2D eigenvalue weighted by molar-refractivity contribution is 7.89. The molecule has 0 saturated heterocycles. The molecule has 0 heterocycles. The fourth-order valence-electron chi connectivity index (χ4n) is 1.05. The molecule has 1 amide bonds. The fraction of sp³-hybridized carbons (Fsp3) is 0.222. The van der Waals surface area contributed by atoms with Crippen LogP contribution in [0.1, 0.15) is 6.92 Å². The molecule has 0 radical (unpaired) electrons. The number of sulfonamides is 1. The molecular formula is C9H10F2N2O3S. The van der Waals surface area contributed by atoms with Gasteiger partial charge in [0.15, 0.2) is 11.6 Å². The maximum absolute atomic E-state index is 13.2. The number of rotatable bonds is 4. The Morgan fingerprint density at radius 2 is 2.00 bits per heavy atom. The van der Waals surface area contributed by atoms with Crippen LogP contribution in [0.5, 0.6) is 0 Å². The van der Waals surface area contributed by atoms with Gasteiger partial charge >= 0.3 is 0 Å². The molecule has 8 heteroatoms. The number of carbonyl (C=O) groups is 1. The molecule has 0 bridgehead atoms. The van der Waals surface area contributed by atoms with Gasteiger partial charge in [-0.15, -0.1) is 0 Å². The first-order chi connectivity index (χ1) is 7.75. The largest absolute Gasteiger partial charge is 0.368 e. The minimum Gasteiger partial charge on any atom is -0.368 e. The van der Waals surface area contributed by atoms with Gasteiger partial charge < -0.3 is 5.73 Å². The Bertz CT molecular complexity index is 545. The number of nitrogens with two attached hydrogens (primary N) is 1. The zero-order valence-electron chi connectivity index (χ0n) is 8.78. The van der Waals surface area contributed by atoms with E-state index in [1.54, 1.807) is 0 Å². The topological polar surface area (TPSA) is 89.3 Å². The van der Waals surface area contributed by atoms with E-state index in [0.29, 0.717) is 0 Å².